The molecule has 0 aromatic heterocycles. The Bertz CT molecular complexity index is 530. The molecule has 0 aromatic rings. The molecule has 2 bridgehead atoms. The number of hydrogen-bond donors (Lipinski definition) is 0. The highest BCUT2D eigenvalue weighted by molar-refractivity contribution is 6.09. The summed E-state index contributed by atoms with van der Waals surface area (Å²) in [5, 5.41) is 0. The number of amides is 2. The van der Waals surface area contributed by atoms with Gasteiger partial charge in [-0.05, 0) is 44.8 Å². The summed E-state index contributed by atoms with van der Waals surface area (Å²) in [6, 6.07) is 0. The van der Waals surface area contributed by atoms with Crippen LogP contribution in [0.2, 0.25) is 0 Å². The van der Waals surface area contributed by atoms with E-state index in [1.807, 2.05) is 21.0 Å². The lowest BCUT2D eigenvalue weighted by Crippen LogP contribution is -2.56. The molecule has 4 aliphatic rings. The van der Waals surface area contributed by atoms with Crippen LogP contribution in [0.1, 0.15) is 33.1 Å². The first-order valence-corrected chi connectivity index (χ1v) is 8.29. The molecule has 3 saturated carbocycles. The third-order valence-electron chi connectivity index (χ3n) is 5.92. The molecule has 1 aliphatic heterocycles. The van der Waals surface area contributed by atoms with Gasteiger partial charge in [0, 0.05) is 18.9 Å². The summed E-state index contributed by atoms with van der Waals surface area (Å²) in [4.78, 5) is 41.5. The maximum absolute atomic E-state index is 12.8. The van der Waals surface area contributed by atoms with Gasteiger partial charge in [0.25, 0.3) is 0 Å². The van der Waals surface area contributed by atoms with E-state index in [-0.39, 0.29) is 46.7 Å². The van der Waals surface area contributed by atoms with Crippen LogP contribution in [0.3, 0.4) is 0 Å². The molecular weight excluding hydrogens is 280 g/mol. The number of ketones is 1. The summed E-state index contributed by atoms with van der Waals surface area (Å²) in [5.74, 6) is -0.600. The zero-order chi connectivity index (χ0) is 16.2. The average molecular weight is 306 g/mol. The predicted molar refractivity (Wildman–Crippen MR) is 81.9 cm³/mol. The number of imide groups is 1. The summed E-state index contributed by atoms with van der Waals surface area (Å²) in [6.45, 7) is 5.42. The standard InChI is InChI=1S/C17H26N2O3/c1-10-8-17(2)9-11(20)12(10)13-14(17)16(22)19(15(13)21)7-5-6-18(3)4/h10,12-14H,5-9H2,1-4H3/t10-,12+,13?,14?,17-/m1/s1. The second-order valence-electron chi connectivity index (χ2n) is 7.99. The number of Topliss-reactive ketones (excluding diaryl/α,β-unsaturated/α-hetero) is 1. The van der Waals surface area contributed by atoms with Gasteiger partial charge in [-0.2, -0.15) is 0 Å². The smallest absolute Gasteiger partial charge is 0.233 e. The van der Waals surface area contributed by atoms with Gasteiger partial charge < -0.3 is 4.90 Å². The van der Waals surface area contributed by atoms with E-state index < -0.39 is 0 Å². The molecule has 2 amide bonds. The molecule has 0 aromatic carbocycles. The monoisotopic (exact) mass is 306 g/mol. The SMILES string of the molecule is C[C@@H]1C[C@]2(C)CC(=O)[C@H]1C1C(=O)N(CCCN(C)C)C(=O)C12. The second kappa shape index (κ2) is 5.15. The summed E-state index contributed by atoms with van der Waals surface area (Å²) in [5.41, 5.74) is -0.320. The van der Waals surface area contributed by atoms with Crippen LogP contribution in [0.5, 0.6) is 0 Å². The van der Waals surface area contributed by atoms with E-state index in [1.54, 1.807) is 0 Å². The molecule has 22 heavy (non-hydrogen) atoms. The van der Waals surface area contributed by atoms with Crippen LogP contribution in [0.25, 0.3) is 0 Å². The van der Waals surface area contributed by atoms with Crippen molar-refractivity contribution < 1.29 is 14.4 Å². The van der Waals surface area contributed by atoms with E-state index >= 15 is 0 Å². The maximum atomic E-state index is 12.8. The van der Waals surface area contributed by atoms with Crippen molar-refractivity contribution in [1.29, 1.82) is 0 Å². The minimum Gasteiger partial charge on any atom is -0.309 e. The fourth-order valence-electron chi connectivity index (χ4n) is 5.17. The highest BCUT2D eigenvalue weighted by Crippen LogP contribution is 2.60. The van der Waals surface area contributed by atoms with Gasteiger partial charge in [0.05, 0.1) is 11.8 Å². The van der Waals surface area contributed by atoms with Crippen molar-refractivity contribution in [3.8, 4) is 0 Å². The lowest BCUT2D eigenvalue weighted by Gasteiger charge is -2.52. The molecule has 4 rings (SSSR count). The van der Waals surface area contributed by atoms with Crippen LogP contribution in [-0.2, 0) is 14.4 Å². The maximum Gasteiger partial charge on any atom is 0.233 e. The molecule has 0 radical (unpaired) electrons. The fourth-order valence-corrected chi connectivity index (χ4v) is 5.17. The number of nitrogens with zero attached hydrogens (tertiary/aromatic N) is 2. The van der Waals surface area contributed by atoms with Gasteiger partial charge in [-0.25, -0.2) is 0 Å². The van der Waals surface area contributed by atoms with Crippen molar-refractivity contribution in [3.05, 3.63) is 0 Å². The number of hydrogen-bond acceptors (Lipinski definition) is 4. The van der Waals surface area contributed by atoms with E-state index in [0.717, 1.165) is 19.4 Å². The number of carbonyl (C=O) groups excluding carboxylic acids is 3. The topological polar surface area (TPSA) is 57.7 Å². The zero-order valence-electron chi connectivity index (χ0n) is 14.0. The van der Waals surface area contributed by atoms with Crippen molar-refractivity contribution >= 4 is 17.6 Å². The molecule has 1 heterocycles. The highest BCUT2D eigenvalue weighted by atomic mass is 16.2. The average Bonchev–Trinajstić information content (AvgIpc) is 2.63. The molecule has 5 heteroatoms. The van der Waals surface area contributed by atoms with Crippen molar-refractivity contribution in [2.24, 2.45) is 29.1 Å². The van der Waals surface area contributed by atoms with Crippen molar-refractivity contribution in [3.63, 3.8) is 0 Å². The molecule has 1 saturated heterocycles. The van der Waals surface area contributed by atoms with Gasteiger partial charge in [0.1, 0.15) is 5.78 Å². The Labute approximate surface area is 132 Å². The summed E-state index contributed by atoms with van der Waals surface area (Å²) in [7, 11) is 3.96. The molecule has 122 valence electrons. The number of likely N-dealkylation sites (tertiary alicyclic amines) is 1. The zero-order valence-corrected chi connectivity index (χ0v) is 14.0. The van der Waals surface area contributed by atoms with Gasteiger partial charge in [-0.3, -0.25) is 19.3 Å². The number of fused-ring (bicyclic) bond motifs is 2. The lowest BCUT2D eigenvalue weighted by molar-refractivity contribution is -0.157. The van der Waals surface area contributed by atoms with Gasteiger partial charge in [-0.15, -0.1) is 0 Å². The minimum atomic E-state index is -0.387. The van der Waals surface area contributed by atoms with Crippen molar-refractivity contribution in [2.75, 3.05) is 27.2 Å². The van der Waals surface area contributed by atoms with Gasteiger partial charge >= 0.3 is 0 Å². The molecule has 0 N–H and O–H groups in total. The van der Waals surface area contributed by atoms with Crippen LogP contribution >= 0.6 is 0 Å². The van der Waals surface area contributed by atoms with Crippen molar-refractivity contribution in [1.82, 2.24) is 9.80 Å². The Hall–Kier alpha value is -1.23. The molecule has 3 aliphatic carbocycles. The number of rotatable bonds is 4. The molecular formula is C17H26N2O3. The first-order chi connectivity index (χ1) is 10.3. The number of carbonyl (C=O) groups is 3. The normalized spacial score (nSPS) is 40.8. The third kappa shape index (κ3) is 2.13. The van der Waals surface area contributed by atoms with E-state index in [2.05, 4.69) is 11.8 Å². The fraction of sp³-hybridized carbons (Fsp3) is 0.824. The van der Waals surface area contributed by atoms with Gasteiger partial charge in [0.2, 0.25) is 11.8 Å². The quantitative estimate of drug-likeness (QED) is 0.732. The molecule has 5 nitrogen and oxygen atoms in total. The molecule has 0 spiro atoms. The van der Waals surface area contributed by atoms with Gasteiger partial charge in [-0.1, -0.05) is 13.8 Å². The molecule has 2 unspecified atom stereocenters. The summed E-state index contributed by atoms with van der Waals surface area (Å²) < 4.78 is 0. The molecule has 5 atom stereocenters. The van der Waals surface area contributed by atoms with E-state index in [9.17, 15) is 14.4 Å². The molecule has 4 fully saturated rings. The first kappa shape index (κ1) is 15.7. The van der Waals surface area contributed by atoms with Crippen LogP contribution < -0.4 is 0 Å². The Morgan fingerprint density at radius 2 is 1.86 bits per heavy atom. The van der Waals surface area contributed by atoms with Gasteiger partial charge in [0.15, 0.2) is 0 Å². The Kier molecular flexibility index (Phi) is 3.67. The van der Waals surface area contributed by atoms with E-state index in [1.165, 1.54) is 4.90 Å². The van der Waals surface area contributed by atoms with Crippen LogP contribution in [0.15, 0.2) is 0 Å². The second-order valence-corrected chi connectivity index (χ2v) is 7.99. The van der Waals surface area contributed by atoms with Crippen molar-refractivity contribution in [2.45, 2.75) is 33.1 Å². The van der Waals surface area contributed by atoms with E-state index in [0.29, 0.717) is 13.0 Å². The Morgan fingerprint density at radius 3 is 2.45 bits per heavy atom. The largest absolute Gasteiger partial charge is 0.309 e. The Balaban J connectivity index is 1.85. The van der Waals surface area contributed by atoms with Crippen LogP contribution in [-0.4, -0.2) is 54.6 Å². The summed E-state index contributed by atoms with van der Waals surface area (Å²) in [6.07, 6.45) is 2.14. The highest BCUT2D eigenvalue weighted by Gasteiger charge is 2.66. The van der Waals surface area contributed by atoms with E-state index in [4.69, 9.17) is 0 Å². The Morgan fingerprint density at radius 1 is 1.18 bits per heavy atom. The van der Waals surface area contributed by atoms with Crippen LogP contribution in [0, 0.1) is 29.1 Å². The third-order valence-corrected chi connectivity index (χ3v) is 5.92. The van der Waals surface area contributed by atoms with Crippen LogP contribution in [0.4, 0.5) is 0 Å². The predicted octanol–water partition coefficient (Wildman–Crippen LogP) is 1.17. The lowest BCUT2D eigenvalue weighted by atomic mass is 9.48. The summed E-state index contributed by atoms with van der Waals surface area (Å²) >= 11 is 0. The first-order valence-electron chi connectivity index (χ1n) is 8.29. The minimum absolute atomic E-state index is 0.0272.